The Morgan fingerprint density at radius 2 is 0.640 bits per heavy atom. The lowest BCUT2D eigenvalue weighted by molar-refractivity contribution is -0.192. The molecule has 9 aliphatic heterocycles. The SMILES string of the molecule is NC(N)=NCCNS(=O)(=O)N1C[C@H](CCCB(O)O)[C@@H](N)C1.N[C@@H]1CNC[C@H]1NS(=O)(=O)N1C[C@H](CCCB(O)O)[C@](N)(C(=O)O)C1.N[C@H]1CN(S(=O)(=O)N2C[C@H](CCCB(O)O)[C@](N)(C(=O)O)C2)C[C@@H]1N.N[C@H]1CNC[C@@H]1NS(=O)(=O)N1C[C@H](CCCB(O)O)[C@](N)(C(=O)O)C1.N[C@H]1CNC[C@H]1NS(=O)(=O)N1C[C@H](CCCB(O)O)[C@](N)(C(=O)O)C1.O=C=O. The molecule has 0 spiro atoms. The molecule has 0 aliphatic carbocycles. The van der Waals surface area contributed by atoms with Crippen LogP contribution >= 0.6 is 0 Å². The molecule has 9 aliphatic rings. The maximum Gasteiger partial charge on any atom is 0.451 e. The summed E-state index contributed by atoms with van der Waals surface area (Å²) in [5, 5.41) is 136. The van der Waals surface area contributed by atoms with Gasteiger partial charge in [-0.25, -0.2) is 4.72 Å². The summed E-state index contributed by atoms with van der Waals surface area (Å²) < 4.78 is 142. The van der Waals surface area contributed by atoms with Crippen LogP contribution in [-0.2, 0) is 79.8 Å². The Labute approximate surface area is 727 Å². The number of hydrogen-bond acceptors (Lipinski definition) is 40. The molecule has 0 radical (unpaired) electrons. The zero-order valence-electron chi connectivity index (χ0n) is 69.1. The number of carboxylic acids is 4. The molecule has 0 amide bonds. The van der Waals surface area contributed by atoms with Gasteiger partial charge in [0.05, 0.1) is 24.7 Å². The van der Waals surface area contributed by atoms with E-state index in [4.69, 9.17) is 129 Å². The third-order valence-corrected chi connectivity index (χ3v) is 31.4. The fraction of sp³-hybridized carbons (Fsp3) is 0.898. The van der Waals surface area contributed by atoms with Gasteiger partial charge < -0.3 is 155 Å². The van der Waals surface area contributed by atoms with Gasteiger partial charge in [0.25, 0.3) is 51.0 Å². The molecule has 56 nitrogen and oxygen atoms in total. The van der Waals surface area contributed by atoms with Gasteiger partial charge in [0.15, 0.2) is 5.96 Å². The molecule has 0 aromatic carbocycles. The fourth-order valence-corrected chi connectivity index (χ4v) is 23.4. The highest BCUT2D eigenvalue weighted by Gasteiger charge is 2.58. The number of carbonyl (C=O) groups is 4. The van der Waals surface area contributed by atoms with E-state index in [1.165, 1.54) is 4.31 Å². The molecule has 66 heteroatoms. The van der Waals surface area contributed by atoms with Crippen molar-refractivity contribution in [3.8, 4) is 0 Å². The third kappa shape index (κ3) is 33.2. The molecule has 0 aromatic rings. The van der Waals surface area contributed by atoms with Crippen LogP contribution in [0.5, 0.6) is 0 Å². The Kier molecular flexibility index (Phi) is 44.8. The van der Waals surface area contributed by atoms with E-state index in [1.54, 1.807) is 0 Å². The van der Waals surface area contributed by atoms with Crippen LogP contribution in [0, 0.1) is 29.6 Å². The number of nitrogens with zero attached hydrogens (tertiary/aromatic N) is 7. The van der Waals surface area contributed by atoms with Crippen molar-refractivity contribution in [3.05, 3.63) is 0 Å². The van der Waals surface area contributed by atoms with Crippen LogP contribution in [0.1, 0.15) is 64.2 Å². The van der Waals surface area contributed by atoms with Gasteiger partial charge >= 0.3 is 65.6 Å². The second-order valence-corrected chi connectivity index (χ2v) is 41.5. The molecule has 9 heterocycles. The molecule has 0 saturated carbocycles. The van der Waals surface area contributed by atoms with Crippen LogP contribution in [0.4, 0.5) is 0 Å². The Bertz CT molecular complexity index is 3860. The predicted octanol–water partition coefficient (Wildman–Crippen LogP) is -19.5. The molecule has 0 aromatic heterocycles. The molecule has 0 bridgehead atoms. The monoisotopic (exact) mass is 1900 g/mol. The highest BCUT2D eigenvalue weighted by atomic mass is 32.2. The van der Waals surface area contributed by atoms with Crippen molar-refractivity contribution in [2.24, 2.45) is 103 Å². The number of hydrogen-bond donors (Lipinski definition) is 33. The third-order valence-electron chi connectivity index (χ3n) is 23.3. The Morgan fingerprint density at radius 1 is 0.376 bits per heavy atom. The van der Waals surface area contributed by atoms with E-state index in [1.807, 2.05) is 0 Å². The molecular formula is C59H129B5N26O30S5. The zero-order chi connectivity index (χ0) is 94.9. The zero-order valence-corrected chi connectivity index (χ0v) is 73.2. The van der Waals surface area contributed by atoms with Crippen LogP contribution in [0.2, 0.25) is 31.6 Å². The maximum absolute atomic E-state index is 12.8. The van der Waals surface area contributed by atoms with Crippen LogP contribution in [0.15, 0.2) is 4.99 Å². The molecule has 45 N–H and O–H groups in total. The van der Waals surface area contributed by atoms with Crippen molar-refractivity contribution < 1.29 is 142 Å². The molecule has 0 unspecified atom stereocenters. The van der Waals surface area contributed by atoms with Crippen molar-refractivity contribution in [1.29, 1.82) is 0 Å². The van der Waals surface area contributed by atoms with Gasteiger partial charge in [-0.3, -0.25) is 24.2 Å². The van der Waals surface area contributed by atoms with Crippen molar-refractivity contribution in [3.63, 3.8) is 0 Å². The topological polar surface area (TPSA) is 985 Å². The maximum atomic E-state index is 12.8. The van der Waals surface area contributed by atoms with Crippen molar-refractivity contribution in [1.82, 2.24) is 60.7 Å². The van der Waals surface area contributed by atoms with E-state index in [0.29, 0.717) is 84.3 Å². The number of carboxylic acid groups (broad SMARTS) is 4. The van der Waals surface area contributed by atoms with Crippen LogP contribution in [-0.4, -0.2) is 418 Å². The standard InChI is InChI=1S/4C12H26BN5O6S.C10H25BN6O4S.CO2/c3*14-9-4-16-5-10(9)17-25(23,24)18-6-8(2-1-3-13(21)22)12(15,7-18)11(19)20;14-9-5-17(6-10(9)15)25(23,24)18-4-8(2-1-3-13(21)22)12(16,7-18)11(19)20;12-9-7-17(6-8(9)2-1-3-11(18)19)22(20,21)16-5-4-15-10(13)14;2-1-3/h3*8-10,16-17,21-22H,1-7,14-15H2,(H,19,20);8-10,21-22H,1-7,14-16H2,(H,19,20);8-9,16,18-19H,1-7,12H2,(H4,13,14,15);/t8-,9+,10+,12-;8-,9-,10+,12-;2*8-,9-,10-,12-;8-,9-;/m00000./s1. The average molecular weight is 1900 g/mol. The largest absolute Gasteiger partial charge is 0.480 e. The number of carbonyl (C=O) groups excluding carboxylic acids is 2. The second kappa shape index (κ2) is 49.7. The van der Waals surface area contributed by atoms with Gasteiger partial charge in [0.1, 0.15) is 22.2 Å². The van der Waals surface area contributed by atoms with E-state index in [2.05, 4.69) is 39.8 Å². The van der Waals surface area contributed by atoms with Crippen LogP contribution < -0.4 is 104 Å². The van der Waals surface area contributed by atoms with E-state index in [0.717, 1.165) is 21.5 Å². The van der Waals surface area contributed by atoms with Gasteiger partial charge in [-0.1, -0.05) is 32.1 Å². The van der Waals surface area contributed by atoms with Gasteiger partial charge in [0, 0.05) is 184 Å². The van der Waals surface area contributed by atoms with Crippen molar-refractivity contribution in [2.45, 2.75) is 172 Å². The van der Waals surface area contributed by atoms with E-state index >= 15 is 0 Å². The molecule has 9 saturated heterocycles. The smallest absolute Gasteiger partial charge is 0.451 e. The van der Waals surface area contributed by atoms with Gasteiger partial charge in [-0.05, 0) is 69.6 Å². The summed E-state index contributed by atoms with van der Waals surface area (Å²) in [7, 11) is -26.6. The fourth-order valence-electron chi connectivity index (χ4n) is 15.7. The summed E-state index contributed by atoms with van der Waals surface area (Å²) in [4.78, 5) is 66.4. The molecule has 9 fully saturated rings. The lowest BCUT2D eigenvalue weighted by Gasteiger charge is -2.26. The van der Waals surface area contributed by atoms with Gasteiger partial charge in [-0.15, -0.1) is 0 Å². The minimum absolute atomic E-state index is 0.00744. The number of nitrogens with one attached hydrogen (secondary N) is 7. The van der Waals surface area contributed by atoms with E-state index in [-0.39, 0.29) is 185 Å². The van der Waals surface area contributed by atoms with E-state index < -0.39 is 187 Å². The molecule has 720 valence electrons. The quantitative estimate of drug-likeness (QED) is 0.0117. The van der Waals surface area contributed by atoms with Crippen molar-refractivity contribution >= 4 is 123 Å². The molecule has 18 atom stereocenters. The van der Waals surface area contributed by atoms with Crippen LogP contribution in [0.25, 0.3) is 0 Å². The predicted molar refractivity (Wildman–Crippen MR) is 452 cm³/mol. The molecule has 125 heavy (non-hydrogen) atoms. The number of nitrogens with two attached hydrogens (primary N) is 12. The highest BCUT2D eigenvalue weighted by Crippen LogP contribution is 2.37. The highest BCUT2D eigenvalue weighted by molar-refractivity contribution is 7.88. The summed E-state index contributed by atoms with van der Waals surface area (Å²) in [5.74, 6) is -7.72. The first-order chi connectivity index (χ1) is 57.8. The minimum atomic E-state index is -3.93. The first kappa shape index (κ1) is 113. The van der Waals surface area contributed by atoms with Crippen LogP contribution in [0.3, 0.4) is 0 Å². The van der Waals surface area contributed by atoms with Crippen molar-refractivity contribution in [2.75, 3.05) is 131 Å². The van der Waals surface area contributed by atoms with E-state index in [9.17, 15) is 81.7 Å². The number of guanidine groups is 1. The average Bonchev–Trinajstić information content (AvgIpc) is 1.59. The summed E-state index contributed by atoms with van der Waals surface area (Å²) in [6, 6.07) is -3.68. The number of rotatable bonds is 40. The first-order valence-corrected chi connectivity index (χ1v) is 47.4. The summed E-state index contributed by atoms with van der Waals surface area (Å²) in [6.07, 6.45) is 4.41. The van der Waals surface area contributed by atoms with Gasteiger partial charge in [-0.2, -0.15) is 91.7 Å². The second-order valence-electron chi connectivity index (χ2n) is 32.7. The molecular weight excluding hydrogens is 1770 g/mol. The number of aliphatic imine (C=N–C) groups is 1. The Balaban J connectivity index is 0.000000325. The summed E-state index contributed by atoms with van der Waals surface area (Å²) >= 11 is 0. The van der Waals surface area contributed by atoms with Gasteiger partial charge in [0.2, 0.25) is 0 Å². The normalized spacial score (nSPS) is 31.2. The summed E-state index contributed by atoms with van der Waals surface area (Å²) in [6.45, 7) is 2.09. The Morgan fingerprint density at radius 3 is 0.896 bits per heavy atom. The first-order valence-electron chi connectivity index (χ1n) is 40.2. The lowest BCUT2D eigenvalue weighted by Crippen LogP contribution is -2.56. The Hall–Kier alpha value is -4.72. The summed E-state index contributed by atoms with van der Waals surface area (Å²) in [5.41, 5.74) is 62.4. The molecule has 9 rings (SSSR count). The lowest BCUT2D eigenvalue weighted by atomic mass is 9.78. The minimum Gasteiger partial charge on any atom is -0.480 e. The number of aliphatic carboxylic acids is 4.